The highest BCUT2D eigenvalue weighted by molar-refractivity contribution is 5.87. The van der Waals surface area contributed by atoms with Crippen molar-refractivity contribution >= 4 is 22.3 Å². The van der Waals surface area contributed by atoms with Gasteiger partial charge in [-0.15, -0.1) is 0 Å². The summed E-state index contributed by atoms with van der Waals surface area (Å²) in [6, 6.07) is 14.8. The van der Waals surface area contributed by atoms with Gasteiger partial charge in [-0.3, -0.25) is 4.79 Å². The second-order valence-corrected chi connectivity index (χ2v) is 6.94. The van der Waals surface area contributed by atoms with Gasteiger partial charge in [-0.2, -0.15) is 0 Å². The number of aliphatic hydroxyl groups is 1. The van der Waals surface area contributed by atoms with Crippen molar-refractivity contribution < 1.29 is 15.0 Å². The van der Waals surface area contributed by atoms with Crippen LogP contribution in [0.25, 0.3) is 16.3 Å². The van der Waals surface area contributed by atoms with Gasteiger partial charge in [-0.1, -0.05) is 42.5 Å². The first-order chi connectivity index (χ1) is 11.0. The molecule has 0 amide bonds. The van der Waals surface area contributed by atoms with Crippen molar-refractivity contribution in [2.75, 3.05) is 0 Å². The molecule has 3 heteroatoms. The van der Waals surface area contributed by atoms with E-state index in [4.69, 9.17) is 5.11 Å². The Morgan fingerprint density at radius 2 is 1.91 bits per heavy atom. The third kappa shape index (κ3) is 2.45. The first-order valence-corrected chi connectivity index (χ1v) is 8.20. The summed E-state index contributed by atoms with van der Waals surface area (Å²) in [6.45, 7) is 0. The van der Waals surface area contributed by atoms with Gasteiger partial charge >= 0.3 is 5.97 Å². The molecule has 0 aliphatic heterocycles. The number of fused-ring (bicyclic) bond motifs is 3. The molecule has 3 unspecified atom stereocenters. The lowest BCUT2D eigenvalue weighted by Crippen LogP contribution is -2.47. The van der Waals surface area contributed by atoms with E-state index in [9.17, 15) is 9.90 Å². The van der Waals surface area contributed by atoms with Crippen molar-refractivity contribution in [1.29, 1.82) is 0 Å². The minimum absolute atomic E-state index is 0.0509. The highest BCUT2D eigenvalue weighted by atomic mass is 16.4. The largest absolute Gasteiger partial charge is 0.481 e. The first-order valence-electron chi connectivity index (χ1n) is 8.20. The Morgan fingerprint density at radius 3 is 2.61 bits per heavy atom. The maximum atomic E-state index is 11.1. The lowest BCUT2D eigenvalue weighted by Gasteiger charge is -2.47. The molecule has 118 valence electrons. The van der Waals surface area contributed by atoms with Crippen LogP contribution in [0.15, 0.2) is 48.5 Å². The van der Waals surface area contributed by atoms with E-state index in [-0.39, 0.29) is 18.3 Å². The van der Waals surface area contributed by atoms with Crippen LogP contribution in [0.5, 0.6) is 0 Å². The summed E-state index contributed by atoms with van der Waals surface area (Å²) >= 11 is 0. The number of aliphatic carboxylic acids is 1. The summed E-state index contributed by atoms with van der Waals surface area (Å²) in [6.07, 6.45) is 4.44. The molecule has 0 radical (unpaired) electrons. The van der Waals surface area contributed by atoms with Crippen molar-refractivity contribution in [3.05, 3.63) is 54.1 Å². The number of allylic oxidation sites excluding steroid dienone is 1. The molecule has 2 aromatic carbocycles. The van der Waals surface area contributed by atoms with E-state index >= 15 is 0 Å². The fourth-order valence-corrected chi connectivity index (χ4v) is 4.35. The minimum Gasteiger partial charge on any atom is -0.481 e. The zero-order chi connectivity index (χ0) is 16.0. The van der Waals surface area contributed by atoms with Gasteiger partial charge < -0.3 is 10.2 Å². The molecule has 0 heterocycles. The maximum Gasteiger partial charge on any atom is 0.306 e. The lowest BCUT2D eigenvalue weighted by atomic mass is 9.61. The van der Waals surface area contributed by atoms with Crippen molar-refractivity contribution in [3.8, 4) is 0 Å². The van der Waals surface area contributed by atoms with Gasteiger partial charge in [0.05, 0.1) is 12.0 Å². The third-order valence-electron chi connectivity index (χ3n) is 5.48. The summed E-state index contributed by atoms with van der Waals surface area (Å²) < 4.78 is 0. The molecule has 0 spiro atoms. The van der Waals surface area contributed by atoms with Gasteiger partial charge in [-0.05, 0) is 53.2 Å². The number of hydrogen-bond acceptors (Lipinski definition) is 2. The van der Waals surface area contributed by atoms with E-state index in [1.54, 1.807) is 0 Å². The number of carboxylic acid groups (broad SMARTS) is 1. The fourth-order valence-electron chi connectivity index (χ4n) is 4.35. The van der Waals surface area contributed by atoms with E-state index in [2.05, 4.69) is 36.4 Å². The predicted molar refractivity (Wildman–Crippen MR) is 90.0 cm³/mol. The zero-order valence-corrected chi connectivity index (χ0v) is 12.9. The Balaban J connectivity index is 1.72. The van der Waals surface area contributed by atoms with Gasteiger partial charge in [0.1, 0.15) is 0 Å². The number of rotatable bonds is 3. The summed E-state index contributed by atoms with van der Waals surface area (Å²) in [5, 5.41) is 22.3. The Bertz CT molecular complexity index is 807. The molecule has 3 nitrogen and oxygen atoms in total. The molecule has 2 aromatic rings. The number of carboxylic acids is 1. The second kappa shape index (κ2) is 5.20. The normalized spacial score (nSPS) is 29.5. The van der Waals surface area contributed by atoms with Crippen molar-refractivity contribution in [2.24, 2.45) is 11.8 Å². The molecule has 2 N–H and O–H groups in total. The Morgan fingerprint density at radius 1 is 1.13 bits per heavy atom. The molecule has 2 bridgehead atoms. The predicted octanol–water partition coefficient (Wildman–Crippen LogP) is 3.86. The maximum absolute atomic E-state index is 11.1. The Hall–Kier alpha value is -2.13. The molecule has 0 aromatic heterocycles. The molecular formula is C20H20O3. The van der Waals surface area contributed by atoms with Crippen LogP contribution in [0.4, 0.5) is 0 Å². The van der Waals surface area contributed by atoms with Gasteiger partial charge in [0.15, 0.2) is 0 Å². The molecule has 0 saturated heterocycles. The highest BCUT2D eigenvalue weighted by Crippen LogP contribution is 2.51. The van der Waals surface area contributed by atoms with Crippen LogP contribution in [-0.2, 0) is 4.79 Å². The second-order valence-electron chi connectivity index (χ2n) is 6.94. The van der Waals surface area contributed by atoms with Gasteiger partial charge in [0, 0.05) is 5.92 Å². The van der Waals surface area contributed by atoms with Crippen LogP contribution in [0.2, 0.25) is 0 Å². The van der Waals surface area contributed by atoms with Crippen LogP contribution in [-0.4, -0.2) is 21.8 Å². The van der Waals surface area contributed by atoms with Gasteiger partial charge in [0.2, 0.25) is 0 Å². The van der Waals surface area contributed by atoms with Crippen LogP contribution < -0.4 is 0 Å². The molecule has 3 aliphatic carbocycles. The first kappa shape index (κ1) is 14.5. The quantitative estimate of drug-likeness (QED) is 0.905. The van der Waals surface area contributed by atoms with E-state index in [0.717, 1.165) is 12.8 Å². The summed E-state index contributed by atoms with van der Waals surface area (Å²) in [5.74, 6) is -0.712. The summed E-state index contributed by atoms with van der Waals surface area (Å²) in [5.41, 5.74) is 1.41. The molecule has 1 fully saturated rings. The SMILES string of the molecule is O=C(O)CC1(O)CC2CCC1C=C2c1ccc2ccccc2c1. The monoisotopic (exact) mass is 308 g/mol. The zero-order valence-electron chi connectivity index (χ0n) is 12.9. The molecule has 5 rings (SSSR count). The number of hydrogen-bond donors (Lipinski definition) is 2. The van der Waals surface area contributed by atoms with E-state index < -0.39 is 11.6 Å². The average molecular weight is 308 g/mol. The molecule has 1 saturated carbocycles. The van der Waals surface area contributed by atoms with Gasteiger partial charge in [-0.25, -0.2) is 0 Å². The molecule has 3 atom stereocenters. The van der Waals surface area contributed by atoms with Crippen molar-refractivity contribution in [3.63, 3.8) is 0 Å². The van der Waals surface area contributed by atoms with Crippen LogP contribution >= 0.6 is 0 Å². The minimum atomic E-state index is -1.07. The lowest BCUT2D eigenvalue weighted by molar-refractivity contribution is -0.147. The van der Waals surface area contributed by atoms with Gasteiger partial charge in [0.25, 0.3) is 0 Å². The average Bonchev–Trinajstić information content (AvgIpc) is 2.53. The van der Waals surface area contributed by atoms with E-state index in [0.29, 0.717) is 6.42 Å². The molecule has 23 heavy (non-hydrogen) atoms. The van der Waals surface area contributed by atoms with Crippen LogP contribution in [0.1, 0.15) is 31.2 Å². The van der Waals surface area contributed by atoms with Crippen LogP contribution in [0, 0.1) is 11.8 Å². The molecule has 3 aliphatic rings. The fraction of sp³-hybridized carbons (Fsp3) is 0.350. The van der Waals surface area contributed by atoms with E-state index in [1.807, 2.05) is 12.1 Å². The van der Waals surface area contributed by atoms with Crippen LogP contribution in [0.3, 0.4) is 0 Å². The number of carbonyl (C=O) groups is 1. The van der Waals surface area contributed by atoms with Crippen molar-refractivity contribution in [2.45, 2.75) is 31.3 Å². The Kier molecular flexibility index (Phi) is 3.27. The standard InChI is InChI=1S/C20H20O3/c21-19(22)12-20(23)11-16-7-8-17(20)10-18(16)15-6-5-13-3-1-2-4-14(13)9-15/h1-6,9-10,16-17,23H,7-8,11-12H2,(H,21,22). The smallest absolute Gasteiger partial charge is 0.306 e. The number of benzene rings is 2. The summed E-state index contributed by atoms with van der Waals surface area (Å²) in [7, 11) is 0. The third-order valence-corrected chi connectivity index (χ3v) is 5.48. The Labute approximate surface area is 135 Å². The summed E-state index contributed by atoms with van der Waals surface area (Å²) in [4.78, 5) is 11.1. The van der Waals surface area contributed by atoms with E-state index in [1.165, 1.54) is 21.9 Å². The highest BCUT2D eigenvalue weighted by Gasteiger charge is 2.47. The topological polar surface area (TPSA) is 57.5 Å². The molecular weight excluding hydrogens is 288 g/mol. The van der Waals surface area contributed by atoms with Crippen molar-refractivity contribution in [1.82, 2.24) is 0 Å².